The van der Waals surface area contributed by atoms with E-state index in [1.807, 2.05) is 29.6 Å². The number of anilines is 2. The molecule has 0 saturated carbocycles. The van der Waals surface area contributed by atoms with Gasteiger partial charge in [-0.1, -0.05) is 0 Å². The molecule has 0 aliphatic heterocycles. The largest absolute Gasteiger partial charge is 0.369 e. The van der Waals surface area contributed by atoms with Gasteiger partial charge in [0.05, 0.1) is 11.7 Å². The van der Waals surface area contributed by atoms with Crippen LogP contribution in [0.15, 0.2) is 46.8 Å². The van der Waals surface area contributed by atoms with Gasteiger partial charge in [-0.2, -0.15) is 0 Å². The summed E-state index contributed by atoms with van der Waals surface area (Å²) in [5.41, 5.74) is 1.78. The molecule has 142 valence electrons. The Morgan fingerprint density at radius 1 is 1.26 bits per heavy atom. The molecule has 0 spiro atoms. The first-order valence-electron chi connectivity index (χ1n) is 9.08. The van der Waals surface area contributed by atoms with Crippen molar-refractivity contribution in [1.29, 1.82) is 0 Å². The Hall–Kier alpha value is -2.67. The van der Waals surface area contributed by atoms with Gasteiger partial charge in [0.15, 0.2) is 0 Å². The number of amides is 1. The Kier molecular flexibility index (Phi) is 5.91. The van der Waals surface area contributed by atoms with Crippen molar-refractivity contribution in [3.63, 3.8) is 0 Å². The first kappa shape index (κ1) is 19.1. The van der Waals surface area contributed by atoms with Crippen LogP contribution >= 0.6 is 11.3 Å². The zero-order valence-corrected chi connectivity index (χ0v) is 16.6. The zero-order valence-electron chi connectivity index (χ0n) is 15.8. The summed E-state index contributed by atoms with van der Waals surface area (Å²) >= 11 is 1.44. The average Bonchev–Trinajstić information content (AvgIpc) is 3.12. The van der Waals surface area contributed by atoms with Crippen LogP contribution in [0.3, 0.4) is 0 Å². The minimum Gasteiger partial charge on any atom is -0.369 e. The Bertz CT molecular complexity index is 976. The molecule has 1 aromatic carbocycles. The number of rotatable bonds is 7. The van der Waals surface area contributed by atoms with Crippen LogP contribution in [0.1, 0.15) is 27.2 Å². The number of thiophene rings is 1. The second kappa shape index (κ2) is 8.35. The number of fused-ring (bicyclic) bond motifs is 1. The molecule has 0 bridgehead atoms. The Morgan fingerprint density at radius 2 is 2.00 bits per heavy atom. The molecule has 0 atom stereocenters. The van der Waals surface area contributed by atoms with Crippen LogP contribution in [0.25, 0.3) is 10.2 Å². The van der Waals surface area contributed by atoms with E-state index in [9.17, 15) is 9.59 Å². The number of nitrogens with one attached hydrogen (secondary N) is 1. The van der Waals surface area contributed by atoms with Gasteiger partial charge in [0, 0.05) is 36.9 Å². The molecule has 1 N–H and O–H groups in total. The summed E-state index contributed by atoms with van der Waals surface area (Å²) in [5.74, 6) is -0.128. The van der Waals surface area contributed by atoms with E-state index in [2.05, 4.69) is 36.0 Å². The normalized spacial score (nSPS) is 11.1. The molecule has 2 heterocycles. The average molecular weight is 385 g/mol. The van der Waals surface area contributed by atoms with Gasteiger partial charge < -0.3 is 10.2 Å². The predicted molar refractivity (Wildman–Crippen MR) is 112 cm³/mol. The van der Waals surface area contributed by atoms with E-state index in [1.54, 1.807) is 6.07 Å². The van der Waals surface area contributed by atoms with Crippen LogP contribution in [0, 0.1) is 0 Å². The van der Waals surface area contributed by atoms with Crippen LogP contribution in [0.2, 0.25) is 0 Å². The van der Waals surface area contributed by atoms with Crippen molar-refractivity contribution >= 4 is 38.8 Å². The molecule has 1 amide bonds. The van der Waals surface area contributed by atoms with E-state index >= 15 is 0 Å². The quantitative estimate of drug-likeness (QED) is 0.674. The predicted octanol–water partition coefficient (Wildman–Crippen LogP) is 3.72. The van der Waals surface area contributed by atoms with Gasteiger partial charge in [-0.3, -0.25) is 14.2 Å². The monoisotopic (exact) mass is 384 g/mol. The highest BCUT2D eigenvalue weighted by Gasteiger charge is 2.10. The molecule has 0 saturated heterocycles. The minimum atomic E-state index is -0.128. The fourth-order valence-corrected chi connectivity index (χ4v) is 3.80. The fourth-order valence-electron chi connectivity index (χ4n) is 3.08. The lowest BCUT2D eigenvalue weighted by Crippen LogP contribution is -2.30. The molecule has 3 aromatic rings. The maximum absolute atomic E-state index is 12.3. The molecule has 0 aliphatic rings. The van der Waals surface area contributed by atoms with Gasteiger partial charge in [-0.25, -0.2) is 4.98 Å². The number of carbonyl (C=O) groups is 1. The van der Waals surface area contributed by atoms with Gasteiger partial charge >= 0.3 is 0 Å². The van der Waals surface area contributed by atoms with E-state index in [4.69, 9.17) is 0 Å². The van der Waals surface area contributed by atoms with Crippen molar-refractivity contribution in [3.8, 4) is 0 Å². The van der Waals surface area contributed by atoms with Crippen molar-refractivity contribution < 1.29 is 4.79 Å². The number of aromatic nitrogens is 2. The lowest BCUT2D eigenvalue weighted by atomic mass is 10.2. The third kappa shape index (κ3) is 4.36. The van der Waals surface area contributed by atoms with E-state index < -0.39 is 0 Å². The Balaban J connectivity index is 1.60. The van der Waals surface area contributed by atoms with Crippen LogP contribution in [-0.2, 0) is 11.3 Å². The van der Waals surface area contributed by atoms with E-state index in [1.165, 1.54) is 22.2 Å². The molecule has 6 nitrogen and oxygen atoms in total. The first-order chi connectivity index (χ1) is 13.0. The maximum atomic E-state index is 12.3. The van der Waals surface area contributed by atoms with Crippen molar-refractivity contribution in [2.45, 2.75) is 39.8 Å². The Labute approximate surface area is 162 Å². The highest BCUT2D eigenvalue weighted by atomic mass is 32.1. The number of hydrogen-bond acceptors (Lipinski definition) is 5. The van der Waals surface area contributed by atoms with Gasteiger partial charge in [0.1, 0.15) is 4.83 Å². The van der Waals surface area contributed by atoms with Crippen molar-refractivity contribution in [2.24, 2.45) is 0 Å². The number of aryl methyl sites for hydroxylation is 1. The van der Waals surface area contributed by atoms with Crippen LogP contribution in [-0.4, -0.2) is 28.0 Å². The topological polar surface area (TPSA) is 67.2 Å². The van der Waals surface area contributed by atoms with Gasteiger partial charge in [0.2, 0.25) is 5.91 Å². The smallest absolute Gasteiger partial charge is 0.262 e. The second-order valence-electron chi connectivity index (χ2n) is 6.61. The highest BCUT2D eigenvalue weighted by Crippen LogP contribution is 2.20. The lowest BCUT2D eigenvalue weighted by Gasteiger charge is -2.27. The highest BCUT2D eigenvalue weighted by molar-refractivity contribution is 7.16. The van der Waals surface area contributed by atoms with Gasteiger partial charge in [-0.05, 0) is 56.5 Å². The SMILES string of the molecule is CCN(c1ccc(NC(=O)CCn2cnc3sccc3c2=O)cc1)C(C)C. The summed E-state index contributed by atoms with van der Waals surface area (Å²) < 4.78 is 1.49. The molecular formula is C20H24N4O2S. The number of nitrogens with zero attached hydrogens (tertiary/aromatic N) is 3. The minimum absolute atomic E-state index is 0.105. The van der Waals surface area contributed by atoms with Gasteiger partial charge in [0.25, 0.3) is 5.56 Å². The molecular weight excluding hydrogens is 360 g/mol. The number of carbonyl (C=O) groups excluding carboxylic acids is 1. The van der Waals surface area contributed by atoms with Gasteiger partial charge in [-0.15, -0.1) is 11.3 Å². The zero-order chi connectivity index (χ0) is 19.4. The third-order valence-electron chi connectivity index (χ3n) is 4.48. The summed E-state index contributed by atoms with van der Waals surface area (Å²) in [7, 11) is 0. The molecule has 0 fully saturated rings. The maximum Gasteiger partial charge on any atom is 0.262 e. The van der Waals surface area contributed by atoms with Crippen molar-refractivity contribution in [1.82, 2.24) is 9.55 Å². The molecule has 0 aliphatic carbocycles. The summed E-state index contributed by atoms with van der Waals surface area (Å²) in [6.07, 6.45) is 1.72. The van der Waals surface area contributed by atoms with Crippen LogP contribution in [0.4, 0.5) is 11.4 Å². The van der Waals surface area contributed by atoms with E-state index in [-0.39, 0.29) is 17.9 Å². The summed E-state index contributed by atoms with van der Waals surface area (Å²) in [5, 5.41) is 5.33. The van der Waals surface area contributed by atoms with E-state index in [0.29, 0.717) is 18.0 Å². The third-order valence-corrected chi connectivity index (χ3v) is 5.30. The van der Waals surface area contributed by atoms with Crippen LogP contribution in [0.5, 0.6) is 0 Å². The number of hydrogen-bond donors (Lipinski definition) is 1. The second-order valence-corrected chi connectivity index (χ2v) is 7.50. The van der Waals surface area contributed by atoms with Crippen LogP contribution < -0.4 is 15.8 Å². The van der Waals surface area contributed by atoms with E-state index in [0.717, 1.165) is 22.7 Å². The Morgan fingerprint density at radius 3 is 2.67 bits per heavy atom. The summed E-state index contributed by atoms with van der Waals surface area (Å²) in [6.45, 7) is 7.67. The fraction of sp³-hybridized carbons (Fsp3) is 0.350. The molecule has 7 heteroatoms. The molecule has 2 aromatic heterocycles. The van der Waals surface area contributed by atoms with Crippen molar-refractivity contribution in [3.05, 3.63) is 52.4 Å². The summed E-state index contributed by atoms with van der Waals surface area (Å²) in [6, 6.07) is 10.0. The standard InChI is InChI=1S/C20H24N4O2S/c1-4-24(14(2)3)16-7-5-15(6-8-16)22-18(25)9-11-23-13-21-19-17(20(23)26)10-12-27-19/h5-8,10,12-14H,4,9,11H2,1-3H3,(H,22,25). The molecule has 0 radical (unpaired) electrons. The summed E-state index contributed by atoms with van der Waals surface area (Å²) in [4.78, 5) is 31.8. The molecule has 3 rings (SSSR count). The lowest BCUT2D eigenvalue weighted by molar-refractivity contribution is -0.116. The molecule has 0 unspecified atom stereocenters. The van der Waals surface area contributed by atoms with Crippen molar-refractivity contribution in [2.75, 3.05) is 16.8 Å². The first-order valence-corrected chi connectivity index (χ1v) is 9.96. The molecule has 27 heavy (non-hydrogen) atoms. The number of benzene rings is 1.